The maximum absolute atomic E-state index is 12.1. The highest BCUT2D eigenvalue weighted by atomic mass is 32.2. The number of carboxylic acid groups (broad SMARTS) is 1. The molecule has 2 aromatic rings. The molecule has 0 saturated carbocycles. The lowest BCUT2D eigenvalue weighted by molar-refractivity contribution is -0.307. The number of aliphatic carboxylic acids is 1. The Morgan fingerprint density at radius 3 is 2.48 bits per heavy atom. The summed E-state index contributed by atoms with van der Waals surface area (Å²) in [4.78, 5) is 22.7. The van der Waals surface area contributed by atoms with Gasteiger partial charge >= 0.3 is 0 Å². The van der Waals surface area contributed by atoms with Crippen molar-refractivity contribution in [2.75, 3.05) is 5.32 Å². The second-order valence-corrected chi connectivity index (χ2v) is 7.25. The molecule has 23 heavy (non-hydrogen) atoms. The zero-order valence-electron chi connectivity index (χ0n) is 12.0. The van der Waals surface area contributed by atoms with Gasteiger partial charge in [-0.2, -0.15) is 0 Å². The fourth-order valence-corrected chi connectivity index (χ4v) is 4.00. The average molecular weight is 353 g/mol. The summed E-state index contributed by atoms with van der Waals surface area (Å²) in [6, 6.07) is 8.53. The van der Waals surface area contributed by atoms with Gasteiger partial charge < -0.3 is 15.2 Å². The maximum Gasteiger partial charge on any atom is 0.265 e. The molecule has 2 N–H and O–H groups in total. The van der Waals surface area contributed by atoms with E-state index in [1.807, 2.05) is 4.72 Å². The van der Waals surface area contributed by atoms with E-state index in [0.29, 0.717) is 5.69 Å². The predicted octanol–water partition coefficient (Wildman–Crippen LogP) is 0.417. The molecule has 0 aliphatic heterocycles. The minimum absolute atomic E-state index is 0.172. The van der Waals surface area contributed by atoms with E-state index in [9.17, 15) is 23.1 Å². The van der Waals surface area contributed by atoms with Crippen LogP contribution in [0.3, 0.4) is 0 Å². The molecule has 7 nitrogen and oxygen atoms in total. The van der Waals surface area contributed by atoms with Crippen LogP contribution in [0.25, 0.3) is 0 Å². The first kappa shape index (κ1) is 17.1. The third-order valence-corrected chi connectivity index (χ3v) is 5.42. The van der Waals surface area contributed by atoms with Crippen LogP contribution in [0.1, 0.15) is 16.6 Å². The first-order valence-electron chi connectivity index (χ1n) is 6.48. The van der Waals surface area contributed by atoms with Crippen molar-refractivity contribution < 1.29 is 23.1 Å². The lowest BCUT2D eigenvalue weighted by Gasteiger charge is -2.13. The minimum atomic E-state index is -4.03. The normalized spacial score (nSPS) is 12.6. The fraction of sp³-hybridized carbons (Fsp3) is 0.143. The molecule has 122 valence electrons. The van der Waals surface area contributed by atoms with Gasteiger partial charge in [-0.25, -0.2) is 13.1 Å². The van der Waals surface area contributed by atoms with Crippen LogP contribution in [-0.2, 0) is 14.8 Å². The van der Waals surface area contributed by atoms with E-state index >= 15 is 0 Å². The van der Waals surface area contributed by atoms with Crippen LogP contribution in [0, 0.1) is 0 Å². The van der Waals surface area contributed by atoms with Crippen molar-refractivity contribution in [2.24, 2.45) is 0 Å². The van der Waals surface area contributed by atoms with E-state index in [0.717, 1.165) is 18.3 Å². The molecular weight excluding hydrogens is 340 g/mol. The number of benzene rings is 1. The maximum atomic E-state index is 12.1. The molecule has 0 aliphatic carbocycles. The Kier molecular flexibility index (Phi) is 5.14. The summed E-state index contributed by atoms with van der Waals surface area (Å²) in [5, 5.41) is 14.5. The van der Waals surface area contributed by atoms with Gasteiger partial charge in [0.05, 0.1) is 21.8 Å². The van der Waals surface area contributed by atoms with Gasteiger partial charge in [0.25, 0.3) is 5.91 Å². The van der Waals surface area contributed by atoms with Crippen molar-refractivity contribution in [2.45, 2.75) is 17.9 Å². The van der Waals surface area contributed by atoms with Crippen molar-refractivity contribution in [3.8, 4) is 0 Å². The Balaban J connectivity index is 2.14. The van der Waals surface area contributed by atoms with Crippen LogP contribution in [0.4, 0.5) is 5.69 Å². The Hall–Kier alpha value is -2.23. The van der Waals surface area contributed by atoms with Crippen molar-refractivity contribution >= 4 is 38.9 Å². The highest BCUT2D eigenvalue weighted by Crippen LogP contribution is 2.20. The molecule has 0 fully saturated rings. The highest BCUT2D eigenvalue weighted by molar-refractivity contribution is 7.89. The first-order chi connectivity index (χ1) is 10.8. The molecular formula is C14H13N2O5S2-. The van der Waals surface area contributed by atoms with Crippen LogP contribution in [0.5, 0.6) is 0 Å². The quantitative estimate of drug-likeness (QED) is 0.781. The van der Waals surface area contributed by atoms with Crippen LogP contribution in [0.15, 0.2) is 46.7 Å². The summed E-state index contributed by atoms with van der Waals surface area (Å²) in [7, 11) is -4.03. The summed E-state index contributed by atoms with van der Waals surface area (Å²) < 4.78 is 26.0. The number of carbonyl (C=O) groups is 2. The minimum Gasteiger partial charge on any atom is -0.548 e. The monoisotopic (exact) mass is 353 g/mol. The number of amides is 1. The molecule has 0 radical (unpaired) electrons. The van der Waals surface area contributed by atoms with Crippen molar-refractivity contribution in [3.05, 3.63) is 46.7 Å². The summed E-state index contributed by atoms with van der Waals surface area (Å²) in [5.41, 5.74) is 0.582. The van der Waals surface area contributed by atoms with Crippen molar-refractivity contribution in [1.29, 1.82) is 0 Å². The lowest BCUT2D eigenvalue weighted by atomic mass is 10.3. The number of sulfonamides is 1. The first-order valence-corrected chi connectivity index (χ1v) is 8.84. The van der Waals surface area contributed by atoms with Gasteiger partial charge in [0.2, 0.25) is 10.0 Å². The Labute approximate surface area is 137 Å². The average Bonchev–Trinajstić information content (AvgIpc) is 2.98. The number of nitrogens with one attached hydrogen (secondary N) is 2. The fourth-order valence-electron chi connectivity index (χ4n) is 1.64. The topological polar surface area (TPSA) is 115 Å². The largest absolute Gasteiger partial charge is 0.548 e. The van der Waals surface area contributed by atoms with E-state index in [4.69, 9.17) is 0 Å². The number of anilines is 1. The van der Waals surface area contributed by atoms with Gasteiger partial charge in [-0.05, 0) is 25.1 Å². The zero-order valence-corrected chi connectivity index (χ0v) is 13.6. The number of carboxylic acids is 1. The molecule has 0 aliphatic rings. The second kappa shape index (κ2) is 6.90. The van der Waals surface area contributed by atoms with Crippen LogP contribution in [0.2, 0.25) is 0 Å². The number of rotatable bonds is 6. The Bertz CT molecular complexity index is 815. The zero-order chi connectivity index (χ0) is 17.0. The molecule has 1 amide bonds. The standard InChI is InChI=1S/C14H14N2O5S2/c1-9(14(18)19)16-23(20,21)11-7-12(22-8-11)13(17)15-10-5-3-2-4-6-10/h2-9,16H,1H3,(H,15,17)(H,18,19)/p-1/t9-/m0/s1. The molecule has 0 saturated heterocycles. The number of thiophene rings is 1. The highest BCUT2D eigenvalue weighted by Gasteiger charge is 2.21. The van der Waals surface area contributed by atoms with Crippen LogP contribution < -0.4 is 15.1 Å². The molecule has 9 heteroatoms. The molecule has 0 bridgehead atoms. The van der Waals surface area contributed by atoms with Crippen LogP contribution >= 0.6 is 11.3 Å². The van der Waals surface area contributed by atoms with Gasteiger partial charge in [0.15, 0.2) is 0 Å². The van der Waals surface area contributed by atoms with E-state index in [-0.39, 0.29) is 9.77 Å². The molecule has 1 atom stereocenters. The third kappa shape index (κ3) is 4.38. The Morgan fingerprint density at radius 1 is 1.22 bits per heavy atom. The smallest absolute Gasteiger partial charge is 0.265 e. The van der Waals surface area contributed by atoms with Gasteiger partial charge in [-0.3, -0.25) is 4.79 Å². The molecule has 1 aromatic heterocycles. The third-order valence-electron chi connectivity index (χ3n) is 2.83. The summed E-state index contributed by atoms with van der Waals surface area (Å²) >= 11 is 0.945. The van der Waals surface area contributed by atoms with Gasteiger partial charge in [0, 0.05) is 11.1 Å². The van der Waals surface area contributed by atoms with Gasteiger partial charge in [0.1, 0.15) is 0 Å². The second-order valence-electron chi connectivity index (χ2n) is 4.63. The SMILES string of the molecule is C[C@H](NS(=O)(=O)c1csc(C(=O)Nc2ccccc2)c1)C(=O)[O-]. The summed E-state index contributed by atoms with van der Waals surface area (Å²) in [6.45, 7) is 1.16. The molecule has 2 rings (SSSR count). The number of carbonyl (C=O) groups excluding carboxylic acids is 2. The molecule has 0 unspecified atom stereocenters. The summed E-state index contributed by atoms with van der Waals surface area (Å²) in [5.74, 6) is -1.98. The van der Waals surface area contributed by atoms with Crippen LogP contribution in [-0.4, -0.2) is 26.3 Å². The number of hydrogen-bond donors (Lipinski definition) is 2. The Morgan fingerprint density at radius 2 is 1.87 bits per heavy atom. The van der Waals surface area contributed by atoms with Crippen molar-refractivity contribution in [1.82, 2.24) is 4.72 Å². The van der Waals surface area contributed by atoms with Gasteiger partial charge in [-0.1, -0.05) is 18.2 Å². The molecule has 0 spiro atoms. The van der Waals surface area contributed by atoms with E-state index in [2.05, 4.69) is 5.32 Å². The van der Waals surface area contributed by atoms with E-state index < -0.39 is 27.9 Å². The van der Waals surface area contributed by atoms with E-state index in [1.54, 1.807) is 30.3 Å². The van der Waals surface area contributed by atoms with E-state index in [1.165, 1.54) is 11.4 Å². The predicted molar refractivity (Wildman–Crippen MR) is 83.5 cm³/mol. The van der Waals surface area contributed by atoms with Gasteiger partial charge in [-0.15, -0.1) is 11.3 Å². The summed E-state index contributed by atoms with van der Waals surface area (Å²) in [6.07, 6.45) is 0. The molecule has 1 heterocycles. The lowest BCUT2D eigenvalue weighted by Crippen LogP contribution is -2.45. The number of hydrogen-bond acceptors (Lipinski definition) is 6. The van der Waals surface area contributed by atoms with Crippen molar-refractivity contribution in [3.63, 3.8) is 0 Å². The number of para-hydroxylation sites is 1. The molecule has 1 aromatic carbocycles.